The Morgan fingerprint density at radius 3 is 2.07 bits per heavy atom. The first-order chi connectivity index (χ1) is 14.5. The fraction of sp³-hybridized carbons (Fsp3) is 0.435. The Balaban J connectivity index is 1.12. The van der Waals surface area contributed by atoms with Crippen LogP contribution in [0.4, 0.5) is 0 Å². The number of rotatable bonds is 10. The average Bonchev–Trinajstić information content (AvgIpc) is 3.16. The van der Waals surface area contributed by atoms with Gasteiger partial charge in [-0.25, -0.2) is 0 Å². The van der Waals surface area contributed by atoms with E-state index in [4.69, 9.17) is 32.7 Å². The van der Waals surface area contributed by atoms with Gasteiger partial charge in [0.05, 0.1) is 0 Å². The summed E-state index contributed by atoms with van der Waals surface area (Å²) in [5.74, 6) is 3.03. The van der Waals surface area contributed by atoms with Crippen LogP contribution in [0.5, 0.6) is 11.5 Å². The number of Topliss-reactive ketones (excluding diaryl/α,β-unsaturated/α-hetero) is 1. The minimum Gasteiger partial charge on any atom is -0.491 e. The molecule has 1 aliphatic carbocycles. The quantitative estimate of drug-likeness (QED) is 0.594. The molecule has 30 heavy (non-hydrogen) atoms. The number of piperidine rings is 1. The minimum atomic E-state index is -0.550. The Bertz CT molecular complexity index is 847. The lowest BCUT2D eigenvalue weighted by atomic mass is 10.1. The predicted molar refractivity (Wildman–Crippen MR) is 116 cm³/mol. The molecule has 2 aliphatic rings. The number of hydrogen-bond acceptors (Lipinski definition) is 5. The van der Waals surface area contributed by atoms with Crippen molar-refractivity contribution in [2.24, 2.45) is 17.8 Å². The van der Waals surface area contributed by atoms with Crippen LogP contribution < -0.4 is 9.47 Å². The van der Waals surface area contributed by atoms with Crippen LogP contribution in [0.25, 0.3) is 0 Å². The van der Waals surface area contributed by atoms with Gasteiger partial charge in [-0.15, -0.1) is 0 Å². The maximum Gasteiger partial charge on any atom is 0.170 e. The summed E-state index contributed by atoms with van der Waals surface area (Å²) < 4.78 is 11.2. The molecule has 0 amide bonds. The van der Waals surface area contributed by atoms with Crippen molar-refractivity contribution in [1.82, 2.24) is 4.90 Å². The minimum absolute atomic E-state index is 0.0992. The highest BCUT2D eigenvalue weighted by Gasteiger charge is 2.55. The van der Waals surface area contributed by atoms with Gasteiger partial charge in [0.15, 0.2) is 5.78 Å². The molecule has 2 fully saturated rings. The van der Waals surface area contributed by atoms with Gasteiger partial charge < -0.3 is 19.5 Å². The third-order valence-electron chi connectivity index (χ3n) is 5.85. The molecule has 5 nitrogen and oxygen atoms in total. The van der Waals surface area contributed by atoms with Crippen molar-refractivity contribution in [3.05, 3.63) is 58.6 Å². The molecular formula is C23H25Cl2NO4. The number of hydrogen-bond donors (Lipinski definition) is 1. The molecule has 1 N–H and O–H groups in total. The van der Waals surface area contributed by atoms with Crippen LogP contribution in [0, 0.1) is 17.8 Å². The largest absolute Gasteiger partial charge is 0.491 e. The van der Waals surface area contributed by atoms with Gasteiger partial charge in [0.2, 0.25) is 0 Å². The normalized spacial score (nSPS) is 23.6. The number of β-amino-alcohol motifs (C(OH)–C–C–N with tert-alkyl or cyclic N) is 1. The Morgan fingerprint density at radius 2 is 1.50 bits per heavy atom. The molecule has 4 atom stereocenters. The number of ether oxygens (including phenoxy) is 2. The molecule has 0 spiro atoms. The zero-order chi connectivity index (χ0) is 21.1. The van der Waals surface area contributed by atoms with Gasteiger partial charge in [-0.3, -0.25) is 4.79 Å². The summed E-state index contributed by atoms with van der Waals surface area (Å²) in [5, 5.41) is 11.6. The van der Waals surface area contributed by atoms with Gasteiger partial charge in [0.1, 0.15) is 30.8 Å². The van der Waals surface area contributed by atoms with E-state index in [1.54, 1.807) is 48.5 Å². The number of ketones is 1. The number of carbonyl (C=O) groups is 1. The van der Waals surface area contributed by atoms with Crippen LogP contribution in [0.2, 0.25) is 10.0 Å². The summed E-state index contributed by atoms with van der Waals surface area (Å²) in [6, 6.07) is 14.1. The molecule has 7 heteroatoms. The smallest absolute Gasteiger partial charge is 0.170 e. The SMILES string of the molecule is O=C(COc1ccc(Cl)cc1)CC1[C@H]2CN(CC(O)COc3ccc(Cl)cc3)C[C@@H]12. The molecule has 1 heterocycles. The lowest BCUT2D eigenvalue weighted by Gasteiger charge is -2.22. The first-order valence-electron chi connectivity index (χ1n) is 10.2. The second kappa shape index (κ2) is 9.56. The van der Waals surface area contributed by atoms with Crippen LogP contribution in [0.15, 0.2) is 48.5 Å². The predicted octanol–water partition coefficient (Wildman–Crippen LogP) is 3.95. The van der Waals surface area contributed by atoms with E-state index in [2.05, 4.69) is 4.90 Å². The van der Waals surface area contributed by atoms with Crippen LogP contribution in [0.3, 0.4) is 0 Å². The monoisotopic (exact) mass is 449 g/mol. The van der Waals surface area contributed by atoms with E-state index in [0.29, 0.717) is 52.3 Å². The van der Waals surface area contributed by atoms with Gasteiger partial charge >= 0.3 is 0 Å². The molecule has 2 aromatic carbocycles. The van der Waals surface area contributed by atoms with Crippen LogP contribution in [-0.4, -0.2) is 54.7 Å². The Morgan fingerprint density at radius 1 is 0.967 bits per heavy atom. The van der Waals surface area contributed by atoms with Gasteiger partial charge in [-0.05, 0) is 66.3 Å². The van der Waals surface area contributed by atoms with Gasteiger partial charge in [0.25, 0.3) is 0 Å². The average molecular weight is 450 g/mol. The summed E-state index contributed by atoms with van der Waals surface area (Å²) >= 11 is 11.7. The maximum absolute atomic E-state index is 12.2. The second-order valence-corrected chi connectivity index (χ2v) is 8.99. The van der Waals surface area contributed by atoms with Crippen molar-refractivity contribution < 1.29 is 19.4 Å². The van der Waals surface area contributed by atoms with E-state index >= 15 is 0 Å². The van der Waals surface area contributed by atoms with E-state index < -0.39 is 6.10 Å². The number of benzene rings is 2. The zero-order valence-corrected chi connectivity index (χ0v) is 18.1. The highest BCUT2D eigenvalue weighted by atomic mass is 35.5. The molecule has 1 saturated heterocycles. The number of fused-ring (bicyclic) bond motifs is 1. The molecular weight excluding hydrogens is 425 g/mol. The standard InChI is InChI=1S/C23H25Cl2NO4/c24-15-1-5-19(6-2-15)29-13-17(27)9-21-22-11-26(12-23(21)22)10-18(28)14-30-20-7-3-16(25)4-8-20/h1-8,18,21-23,28H,9-14H2/t18?,21?,22-,23+. The van der Waals surface area contributed by atoms with Crippen molar-refractivity contribution in [3.8, 4) is 11.5 Å². The molecule has 1 saturated carbocycles. The van der Waals surface area contributed by atoms with Crippen LogP contribution >= 0.6 is 23.2 Å². The molecule has 4 rings (SSSR count). The first-order valence-corrected chi connectivity index (χ1v) is 10.9. The summed E-state index contributed by atoms with van der Waals surface area (Å²) in [4.78, 5) is 14.5. The molecule has 2 unspecified atom stereocenters. The van der Waals surface area contributed by atoms with Crippen LogP contribution in [0.1, 0.15) is 6.42 Å². The summed E-state index contributed by atoms with van der Waals surface area (Å²) in [5.41, 5.74) is 0. The Hall–Kier alpha value is -1.79. The number of aliphatic hydroxyl groups is 1. The summed E-state index contributed by atoms with van der Waals surface area (Å²) in [6.45, 7) is 2.79. The van der Waals surface area contributed by atoms with Crippen molar-refractivity contribution in [3.63, 3.8) is 0 Å². The molecule has 160 valence electrons. The zero-order valence-electron chi connectivity index (χ0n) is 16.5. The van der Waals surface area contributed by atoms with E-state index in [-0.39, 0.29) is 19.0 Å². The maximum atomic E-state index is 12.2. The number of carbonyl (C=O) groups excluding carboxylic acids is 1. The molecule has 2 aromatic rings. The highest BCUT2D eigenvalue weighted by molar-refractivity contribution is 6.30. The van der Waals surface area contributed by atoms with E-state index in [1.807, 2.05) is 0 Å². The lowest BCUT2D eigenvalue weighted by molar-refractivity contribution is -0.121. The van der Waals surface area contributed by atoms with Crippen molar-refractivity contribution in [2.45, 2.75) is 12.5 Å². The topological polar surface area (TPSA) is 59.0 Å². The summed E-state index contributed by atoms with van der Waals surface area (Å²) in [7, 11) is 0. The van der Waals surface area contributed by atoms with Gasteiger partial charge in [-0.2, -0.15) is 0 Å². The third kappa shape index (κ3) is 5.67. The van der Waals surface area contributed by atoms with Crippen molar-refractivity contribution in [1.29, 1.82) is 0 Å². The third-order valence-corrected chi connectivity index (χ3v) is 6.35. The van der Waals surface area contributed by atoms with E-state index in [0.717, 1.165) is 13.1 Å². The fourth-order valence-electron chi connectivity index (χ4n) is 4.28. The number of halogens is 2. The number of likely N-dealkylation sites (tertiary alicyclic amines) is 1. The van der Waals surface area contributed by atoms with E-state index in [1.165, 1.54) is 0 Å². The fourth-order valence-corrected chi connectivity index (χ4v) is 4.53. The number of nitrogens with zero attached hydrogens (tertiary/aromatic N) is 1. The first kappa shape index (κ1) is 21.4. The van der Waals surface area contributed by atoms with Crippen LogP contribution in [-0.2, 0) is 4.79 Å². The molecule has 0 radical (unpaired) electrons. The van der Waals surface area contributed by atoms with Crippen molar-refractivity contribution in [2.75, 3.05) is 32.8 Å². The van der Waals surface area contributed by atoms with Gasteiger partial charge in [0, 0.05) is 36.1 Å². The molecule has 0 aromatic heterocycles. The lowest BCUT2D eigenvalue weighted by Crippen LogP contribution is -2.36. The highest BCUT2D eigenvalue weighted by Crippen LogP contribution is 2.53. The summed E-state index contributed by atoms with van der Waals surface area (Å²) in [6.07, 6.45) is 0.0185. The van der Waals surface area contributed by atoms with Gasteiger partial charge in [-0.1, -0.05) is 23.2 Å². The number of aliphatic hydroxyl groups excluding tert-OH is 1. The Kier molecular flexibility index (Phi) is 6.84. The second-order valence-electron chi connectivity index (χ2n) is 8.11. The van der Waals surface area contributed by atoms with E-state index in [9.17, 15) is 9.90 Å². The Labute approximate surface area is 186 Å². The molecule has 1 aliphatic heterocycles. The van der Waals surface area contributed by atoms with Crippen molar-refractivity contribution >= 4 is 29.0 Å². The molecule has 0 bridgehead atoms.